The number of rotatable bonds is 2. The number of carbonyl (C=O) groups is 1. The van der Waals surface area contributed by atoms with E-state index in [1.165, 1.54) is 18.2 Å². The molecule has 0 aliphatic heterocycles. The Hall–Kier alpha value is -2.30. The van der Waals surface area contributed by atoms with Crippen molar-refractivity contribution in [2.24, 2.45) is 0 Å². The second-order valence-corrected chi connectivity index (χ2v) is 3.04. The van der Waals surface area contributed by atoms with Crippen molar-refractivity contribution in [3.05, 3.63) is 54.4 Å². The summed E-state index contributed by atoms with van der Waals surface area (Å²) in [6.45, 7) is 0. The van der Waals surface area contributed by atoms with Gasteiger partial charge in [-0.2, -0.15) is 4.39 Å². The molecule has 0 bridgehead atoms. The van der Waals surface area contributed by atoms with Gasteiger partial charge in [-0.15, -0.1) is 0 Å². The van der Waals surface area contributed by atoms with Crippen molar-refractivity contribution in [3.63, 3.8) is 0 Å². The van der Waals surface area contributed by atoms with Gasteiger partial charge in [0, 0.05) is 18.1 Å². The molecule has 2 aromatic heterocycles. The number of amides is 1. The molecule has 2 rings (SSSR count). The number of nitrogens with one attached hydrogen (secondary N) is 1. The van der Waals surface area contributed by atoms with Crippen LogP contribution in [0.4, 0.5) is 10.1 Å². The average molecular weight is 217 g/mol. The number of aromatic nitrogens is 2. The molecule has 0 aliphatic rings. The normalized spacial score (nSPS) is 9.81. The monoisotopic (exact) mass is 217 g/mol. The fraction of sp³-hybridized carbons (Fsp3) is 0. The molecule has 5 heteroatoms. The molecule has 0 aliphatic carbocycles. The summed E-state index contributed by atoms with van der Waals surface area (Å²) in [6, 6.07) is 7.33. The van der Waals surface area contributed by atoms with E-state index >= 15 is 0 Å². The highest BCUT2D eigenvalue weighted by molar-refractivity contribution is 6.02. The SMILES string of the molecule is O=C(Nc1ccncc1)c1cccc(F)n1. The molecule has 1 N–H and O–H groups in total. The largest absolute Gasteiger partial charge is 0.321 e. The maximum atomic E-state index is 12.8. The third-order valence-corrected chi connectivity index (χ3v) is 1.89. The van der Waals surface area contributed by atoms with Gasteiger partial charge in [-0.05, 0) is 24.3 Å². The van der Waals surface area contributed by atoms with Crippen LogP contribution in [-0.2, 0) is 0 Å². The summed E-state index contributed by atoms with van der Waals surface area (Å²) in [5.74, 6) is -1.13. The molecular formula is C11H8FN3O. The molecule has 0 spiro atoms. The summed E-state index contributed by atoms with van der Waals surface area (Å²) in [6.07, 6.45) is 3.10. The van der Waals surface area contributed by atoms with Crippen molar-refractivity contribution in [1.29, 1.82) is 0 Å². The standard InChI is InChI=1S/C11H8FN3O/c12-10-3-1-2-9(15-10)11(16)14-8-4-6-13-7-5-8/h1-7H,(H,13,14,16). The lowest BCUT2D eigenvalue weighted by atomic mass is 10.3. The minimum atomic E-state index is -0.678. The fourth-order valence-electron chi connectivity index (χ4n) is 1.17. The Bertz CT molecular complexity index is 502. The number of hydrogen-bond acceptors (Lipinski definition) is 3. The van der Waals surface area contributed by atoms with Gasteiger partial charge < -0.3 is 5.32 Å². The van der Waals surface area contributed by atoms with Crippen molar-refractivity contribution in [2.75, 3.05) is 5.32 Å². The van der Waals surface area contributed by atoms with E-state index in [0.717, 1.165) is 0 Å². The van der Waals surface area contributed by atoms with Crippen LogP contribution in [0.25, 0.3) is 0 Å². The summed E-state index contributed by atoms with van der Waals surface area (Å²) in [5.41, 5.74) is 0.628. The van der Waals surface area contributed by atoms with Gasteiger partial charge in [0.2, 0.25) is 5.95 Å². The van der Waals surface area contributed by atoms with Crippen molar-refractivity contribution in [2.45, 2.75) is 0 Å². The molecule has 80 valence electrons. The molecule has 2 aromatic rings. The Kier molecular flexibility index (Phi) is 2.86. The minimum Gasteiger partial charge on any atom is -0.321 e. The molecule has 0 fully saturated rings. The van der Waals surface area contributed by atoms with Gasteiger partial charge in [-0.3, -0.25) is 9.78 Å². The highest BCUT2D eigenvalue weighted by Crippen LogP contribution is 2.06. The van der Waals surface area contributed by atoms with Crippen LogP contribution in [0.3, 0.4) is 0 Å². The first-order valence-corrected chi connectivity index (χ1v) is 4.59. The summed E-state index contributed by atoms with van der Waals surface area (Å²) in [5, 5.41) is 2.58. The molecule has 0 radical (unpaired) electrons. The molecule has 16 heavy (non-hydrogen) atoms. The fourth-order valence-corrected chi connectivity index (χ4v) is 1.17. The van der Waals surface area contributed by atoms with E-state index in [4.69, 9.17) is 0 Å². The van der Waals surface area contributed by atoms with Gasteiger partial charge in [0.05, 0.1) is 0 Å². The quantitative estimate of drug-likeness (QED) is 0.781. The molecule has 0 atom stereocenters. The molecule has 0 aromatic carbocycles. The lowest BCUT2D eigenvalue weighted by Crippen LogP contribution is -2.14. The Morgan fingerprint density at radius 1 is 1.19 bits per heavy atom. The van der Waals surface area contributed by atoms with Gasteiger partial charge in [0.15, 0.2) is 0 Å². The third kappa shape index (κ3) is 2.38. The number of hydrogen-bond donors (Lipinski definition) is 1. The molecule has 0 saturated carbocycles. The number of carbonyl (C=O) groups excluding carboxylic acids is 1. The zero-order valence-electron chi connectivity index (χ0n) is 8.22. The molecule has 2 heterocycles. The number of nitrogens with zero attached hydrogens (tertiary/aromatic N) is 2. The highest BCUT2D eigenvalue weighted by Gasteiger charge is 2.07. The minimum absolute atomic E-state index is 0.0387. The van der Waals surface area contributed by atoms with Crippen LogP contribution in [0, 0.1) is 5.95 Å². The number of pyridine rings is 2. The number of anilines is 1. The van der Waals surface area contributed by atoms with E-state index in [0.29, 0.717) is 5.69 Å². The Balaban J connectivity index is 2.15. The first-order chi connectivity index (χ1) is 7.75. The lowest BCUT2D eigenvalue weighted by molar-refractivity contribution is 0.102. The lowest BCUT2D eigenvalue weighted by Gasteiger charge is -2.03. The van der Waals surface area contributed by atoms with E-state index in [2.05, 4.69) is 15.3 Å². The van der Waals surface area contributed by atoms with E-state index in [9.17, 15) is 9.18 Å². The van der Waals surface area contributed by atoms with E-state index in [1.807, 2.05) is 0 Å². The highest BCUT2D eigenvalue weighted by atomic mass is 19.1. The Morgan fingerprint density at radius 2 is 1.94 bits per heavy atom. The molecule has 0 unspecified atom stereocenters. The predicted molar refractivity (Wildman–Crippen MR) is 56.4 cm³/mol. The van der Waals surface area contributed by atoms with Crippen molar-refractivity contribution in [3.8, 4) is 0 Å². The Morgan fingerprint density at radius 3 is 2.62 bits per heavy atom. The van der Waals surface area contributed by atoms with Gasteiger partial charge >= 0.3 is 0 Å². The van der Waals surface area contributed by atoms with Crippen molar-refractivity contribution in [1.82, 2.24) is 9.97 Å². The van der Waals surface area contributed by atoms with Crippen LogP contribution in [0.2, 0.25) is 0 Å². The summed E-state index contributed by atoms with van der Waals surface area (Å²) >= 11 is 0. The third-order valence-electron chi connectivity index (χ3n) is 1.89. The smallest absolute Gasteiger partial charge is 0.274 e. The van der Waals surface area contributed by atoms with Gasteiger partial charge in [-0.1, -0.05) is 6.07 Å². The zero-order chi connectivity index (χ0) is 11.4. The number of halogens is 1. The zero-order valence-corrected chi connectivity index (χ0v) is 8.22. The van der Waals surface area contributed by atoms with Crippen molar-refractivity contribution >= 4 is 11.6 Å². The van der Waals surface area contributed by atoms with E-state index in [1.54, 1.807) is 24.5 Å². The first kappa shape index (κ1) is 10.2. The summed E-state index contributed by atoms with van der Waals surface area (Å²) in [7, 11) is 0. The van der Waals surface area contributed by atoms with Crippen LogP contribution in [-0.4, -0.2) is 15.9 Å². The molecule has 1 amide bonds. The van der Waals surface area contributed by atoms with Crippen molar-refractivity contribution < 1.29 is 9.18 Å². The van der Waals surface area contributed by atoms with Gasteiger partial charge in [0.1, 0.15) is 5.69 Å². The topological polar surface area (TPSA) is 54.9 Å². The van der Waals surface area contributed by atoms with Crippen LogP contribution in [0.15, 0.2) is 42.7 Å². The second-order valence-electron chi connectivity index (χ2n) is 3.04. The Labute approximate surface area is 91.2 Å². The average Bonchev–Trinajstić information content (AvgIpc) is 2.30. The van der Waals surface area contributed by atoms with Gasteiger partial charge in [-0.25, -0.2) is 4.98 Å². The van der Waals surface area contributed by atoms with Crippen LogP contribution in [0.1, 0.15) is 10.5 Å². The van der Waals surface area contributed by atoms with Crippen LogP contribution < -0.4 is 5.32 Å². The maximum absolute atomic E-state index is 12.8. The predicted octanol–water partition coefficient (Wildman–Crippen LogP) is 1.87. The van der Waals surface area contributed by atoms with Crippen LogP contribution in [0.5, 0.6) is 0 Å². The first-order valence-electron chi connectivity index (χ1n) is 4.59. The molecular weight excluding hydrogens is 209 g/mol. The van der Waals surface area contributed by atoms with Crippen LogP contribution >= 0.6 is 0 Å². The van der Waals surface area contributed by atoms with Gasteiger partial charge in [0.25, 0.3) is 5.91 Å². The van der Waals surface area contributed by atoms with E-state index in [-0.39, 0.29) is 5.69 Å². The molecule has 0 saturated heterocycles. The summed E-state index contributed by atoms with van der Waals surface area (Å²) < 4.78 is 12.8. The maximum Gasteiger partial charge on any atom is 0.274 e. The molecule has 4 nitrogen and oxygen atoms in total. The van der Waals surface area contributed by atoms with E-state index < -0.39 is 11.9 Å². The second kappa shape index (κ2) is 4.48. The summed E-state index contributed by atoms with van der Waals surface area (Å²) in [4.78, 5) is 18.9.